The number of carbonyl (C=O) groups is 3. The highest BCUT2D eigenvalue weighted by Crippen LogP contribution is 2.33. The van der Waals surface area contributed by atoms with Crippen LogP contribution in [0.4, 0.5) is 11.4 Å². The quantitative estimate of drug-likeness (QED) is 0.485. The van der Waals surface area contributed by atoms with Crippen molar-refractivity contribution in [1.29, 1.82) is 0 Å². The van der Waals surface area contributed by atoms with Crippen molar-refractivity contribution < 1.29 is 19.5 Å². The second-order valence-electron chi connectivity index (χ2n) is 9.15. The molecule has 34 heavy (non-hydrogen) atoms. The molecule has 3 N–H and O–H groups in total. The van der Waals surface area contributed by atoms with E-state index in [1.807, 2.05) is 50.2 Å². The summed E-state index contributed by atoms with van der Waals surface area (Å²) >= 11 is 1.45. The molecule has 2 aromatic carbocycles. The summed E-state index contributed by atoms with van der Waals surface area (Å²) in [4.78, 5) is 40.0. The summed E-state index contributed by atoms with van der Waals surface area (Å²) in [6.45, 7) is 5.86. The number of aryl methyl sites for hydroxylation is 1. The number of benzene rings is 2. The fraction of sp³-hybridized carbons (Fsp3) is 0.346. The van der Waals surface area contributed by atoms with Crippen LogP contribution >= 0.6 is 11.3 Å². The number of aliphatic hydroxyl groups is 1. The summed E-state index contributed by atoms with van der Waals surface area (Å²) in [7, 11) is 0. The summed E-state index contributed by atoms with van der Waals surface area (Å²) in [5.41, 5.74) is 0.944. The Bertz CT molecular complexity index is 1210. The molecule has 0 saturated carbocycles. The number of anilines is 2. The van der Waals surface area contributed by atoms with Gasteiger partial charge >= 0.3 is 11.8 Å². The first-order valence-corrected chi connectivity index (χ1v) is 12.2. The van der Waals surface area contributed by atoms with E-state index in [-0.39, 0.29) is 18.4 Å². The summed E-state index contributed by atoms with van der Waals surface area (Å²) in [5, 5.41) is 17.1. The Morgan fingerprint density at radius 2 is 1.88 bits per heavy atom. The van der Waals surface area contributed by atoms with Crippen LogP contribution < -0.4 is 15.5 Å². The minimum absolute atomic E-state index is 0.0330. The lowest BCUT2D eigenvalue weighted by Crippen LogP contribution is -2.43. The van der Waals surface area contributed by atoms with E-state index in [1.54, 1.807) is 24.0 Å². The smallest absolute Gasteiger partial charge is 0.313 e. The van der Waals surface area contributed by atoms with Gasteiger partial charge in [-0.1, -0.05) is 38.1 Å². The van der Waals surface area contributed by atoms with Crippen LogP contribution in [0.3, 0.4) is 0 Å². The topological polar surface area (TPSA) is 98.7 Å². The number of carbonyl (C=O) groups excluding carboxylic acids is 3. The van der Waals surface area contributed by atoms with E-state index >= 15 is 0 Å². The number of fused-ring (bicyclic) bond motifs is 2. The maximum atomic E-state index is 12.6. The average molecular weight is 480 g/mol. The third-order valence-electron chi connectivity index (χ3n) is 5.98. The highest BCUT2D eigenvalue weighted by molar-refractivity contribution is 7.19. The zero-order chi connectivity index (χ0) is 24.5. The van der Waals surface area contributed by atoms with Gasteiger partial charge in [-0.15, -0.1) is 11.3 Å². The van der Waals surface area contributed by atoms with Crippen molar-refractivity contribution in [3.63, 3.8) is 0 Å². The summed E-state index contributed by atoms with van der Waals surface area (Å²) < 4.78 is 1.04. The van der Waals surface area contributed by atoms with Crippen molar-refractivity contribution >= 4 is 50.5 Å². The predicted molar refractivity (Wildman–Crippen MR) is 135 cm³/mol. The molecule has 3 amide bonds. The Morgan fingerprint density at radius 1 is 1.12 bits per heavy atom. The number of hydrogen-bond donors (Lipinski definition) is 3. The average Bonchev–Trinajstić information content (AvgIpc) is 3.27. The molecule has 0 saturated heterocycles. The van der Waals surface area contributed by atoms with Crippen molar-refractivity contribution in [3.8, 4) is 0 Å². The molecule has 1 unspecified atom stereocenters. The zero-order valence-electron chi connectivity index (χ0n) is 19.6. The molecule has 3 aromatic rings. The number of nitrogens with one attached hydrogen (secondary N) is 2. The molecule has 1 aliphatic heterocycles. The molecular weight excluding hydrogens is 450 g/mol. The van der Waals surface area contributed by atoms with E-state index in [2.05, 4.69) is 10.6 Å². The van der Waals surface area contributed by atoms with Crippen molar-refractivity contribution in [2.45, 2.75) is 39.2 Å². The van der Waals surface area contributed by atoms with Crippen LogP contribution in [0.15, 0.2) is 48.5 Å². The second kappa shape index (κ2) is 9.56. The lowest BCUT2D eigenvalue weighted by atomic mass is 9.99. The monoisotopic (exact) mass is 479 g/mol. The third-order valence-corrected chi connectivity index (χ3v) is 7.35. The molecule has 4 rings (SSSR count). The minimum atomic E-state index is -1.32. The van der Waals surface area contributed by atoms with Gasteiger partial charge in [0.15, 0.2) is 0 Å². The molecule has 0 fully saturated rings. The number of hydrogen-bond acceptors (Lipinski definition) is 5. The summed E-state index contributed by atoms with van der Waals surface area (Å²) in [6, 6.07) is 15.1. The normalized spacial score (nSPS) is 15.0. The molecule has 0 aliphatic carbocycles. The molecule has 7 nitrogen and oxygen atoms in total. The van der Waals surface area contributed by atoms with Gasteiger partial charge in [0.25, 0.3) is 0 Å². The SMILES string of the molecule is CC(C)C(=O)N1CCCc2ccc(NC(=O)C(=O)NCC(C)(O)c3cc4ccccc4s3)cc21. The van der Waals surface area contributed by atoms with Crippen LogP contribution in [0.2, 0.25) is 0 Å². The van der Waals surface area contributed by atoms with Crippen LogP contribution in [-0.2, 0) is 26.4 Å². The molecule has 178 valence electrons. The van der Waals surface area contributed by atoms with Gasteiger partial charge in [-0.3, -0.25) is 14.4 Å². The molecule has 1 aromatic heterocycles. The van der Waals surface area contributed by atoms with Gasteiger partial charge in [0, 0.05) is 33.4 Å². The van der Waals surface area contributed by atoms with Crippen LogP contribution in [0.25, 0.3) is 10.1 Å². The van der Waals surface area contributed by atoms with Gasteiger partial charge in [0.05, 0.1) is 6.54 Å². The standard InChI is InChI=1S/C26H29N3O4S/c1-16(2)25(32)29-12-6-8-17-10-11-19(14-20(17)29)28-24(31)23(30)27-15-26(3,33)22-13-18-7-4-5-9-21(18)34-22/h4-5,7,9-11,13-14,16,33H,6,8,12,15H2,1-3H3,(H,27,30)(H,28,31). The molecule has 1 atom stereocenters. The second-order valence-corrected chi connectivity index (χ2v) is 10.2. The first-order chi connectivity index (χ1) is 16.2. The number of thiophene rings is 1. The Labute approximate surface area is 202 Å². The summed E-state index contributed by atoms with van der Waals surface area (Å²) in [5.74, 6) is -1.77. The van der Waals surface area contributed by atoms with Gasteiger partial charge in [-0.05, 0) is 55.0 Å². The van der Waals surface area contributed by atoms with Gasteiger partial charge in [-0.25, -0.2) is 0 Å². The maximum absolute atomic E-state index is 12.6. The lowest BCUT2D eigenvalue weighted by molar-refractivity contribution is -0.136. The first-order valence-electron chi connectivity index (χ1n) is 11.4. The van der Waals surface area contributed by atoms with Crippen LogP contribution in [0, 0.1) is 5.92 Å². The predicted octanol–water partition coefficient (Wildman–Crippen LogP) is 3.80. The van der Waals surface area contributed by atoms with Gasteiger partial charge in [0.2, 0.25) is 5.91 Å². The Hall–Kier alpha value is -3.23. The highest BCUT2D eigenvalue weighted by atomic mass is 32.1. The van der Waals surface area contributed by atoms with Crippen molar-refractivity contribution in [1.82, 2.24) is 5.32 Å². The fourth-order valence-corrected chi connectivity index (χ4v) is 5.15. The van der Waals surface area contributed by atoms with Gasteiger partial charge in [-0.2, -0.15) is 0 Å². The van der Waals surface area contributed by atoms with Crippen LogP contribution in [-0.4, -0.2) is 35.9 Å². The number of rotatable bonds is 5. The Kier molecular flexibility index (Phi) is 6.72. The Balaban J connectivity index is 1.41. The van der Waals surface area contributed by atoms with Crippen molar-refractivity contribution in [2.75, 3.05) is 23.3 Å². The third kappa shape index (κ3) is 4.98. The summed E-state index contributed by atoms with van der Waals surface area (Å²) in [6.07, 6.45) is 1.75. The fourth-order valence-electron chi connectivity index (χ4n) is 4.05. The van der Waals surface area contributed by atoms with E-state index in [9.17, 15) is 19.5 Å². The van der Waals surface area contributed by atoms with E-state index in [4.69, 9.17) is 0 Å². The molecule has 2 heterocycles. The van der Waals surface area contributed by atoms with E-state index in [0.717, 1.165) is 34.2 Å². The first kappa shape index (κ1) is 23.9. The maximum Gasteiger partial charge on any atom is 0.313 e. The number of nitrogens with zero attached hydrogens (tertiary/aromatic N) is 1. The van der Waals surface area contributed by atoms with E-state index in [0.29, 0.717) is 17.1 Å². The van der Waals surface area contributed by atoms with Crippen LogP contribution in [0.1, 0.15) is 37.6 Å². The van der Waals surface area contributed by atoms with Gasteiger partial charge < -0.3 is 20.6 Å². The van der Waals surface area contributed by atoms with Crippen molar-refractivity contribution in [2.24, 2.45) is 5.92 Å². The molecule has 0 radical (unpaired) electrons. The van der Waals surface area contributed by atoms with E-state index in [1.165, 1.54) is 11.3 Å². The molecule has 1 aliphatic rings. The minimum Gasteiger partial charge on any atom is -0.383 e. The van der Waals surface area contributed by atoms with Gasteiger partial charge in [0.1, 0.15) is 5.60 Å². The molecular formula is C26H29N3O4S. The highest BCUT2D eigenvalue weighted by Gasteiger charge is 2.28. The lowest BCUT2D eigenvalue weighted by Gasteiger charge is -2.31. The number of amides is 3. The van der Waals surface area contributed by atoms with Crippen molar-refractivity contribution in [3.05, 3.63) is 59.0 Å². The van der Waals surface area contributed by atoms with E-state index < -0.39 is 17.4 Å². The Morgan fingerprint density at radius 3 is 2.62 bits per heavy atom. The largest absolute Gasteiger partial charge is 0.383 e. The molecule has 0 bridgehead atoms. The molecule has 0 spiro atoms. The zero-order valence-corrected chi connectivity index (χ0v) is 20.4. The molecule has 8 heteroatoms. The van der Waals surface area contributed by atoms with Crippen LogP contribution in [0.5, 0.6) is 0 Å².